The second kappa shape index (κ2) is 5.76. The van der Waals surface area contributed by atoms with Gasteiger partial charge in [0.15, 0.2) is 0 Å². The van der Waals surface area contributed by atoms with E-state index in [1.165, 1.54) is 12.8 Å². The monoisotopic (exact) mass is 321 g/mol. The third-order valence-electron chi connectivity index (χ3n) is 4.21. The van der Waals surface area contributed by atoms with Crippen LogP contribution in [0.15, 0.2) is 12.3 Å². The number of rotatable bonds is 5. The number of anilines is 1. The maximum atomic E-state index is 12.3. The zero-order valence-corrected chi connectivity index (χ0v) is 13.8. The first-order chi connectivity index (χ1) is 10.5. The molecule has 22 heavy (non-hydrogen) atoms. The molecule has 2 heterocycles. The quantitative estimate of drug-likeness (QED) is 0.920. The molecule has 2 aromatic rings. The molecule has 1 atom stereocenters. The largest absolute Gasteiger partial charge is 0.309 e. The van der Waals surface area contributed by atoms with Crippen LogP contribution in [0.4, 0.5) is 5.82 Å². The maximum absolute atomic E-state index is 12.3. The van der Waals surface area contributed by atoms with E-state index in [2.05, 4.69) is 22.4 Å². The molecule has 7 heteroatoms. The van der Waals surface area contributed by atoms with Crippen molar-refractivity contribution in [3.8, 4) is 0 Å². The van der Waals surface area contributed by atoms with Crippen LogP contribution in [0.2, 0.25) is 5.02 Å². The number of hydrogen-bond acceptors (Lipinski definition) is 3. The first-order valence-electron chi connectivity index (χ1n) is 7.50. The number of hydrogen-bond donors (Lipinski definition) is 1. The van der Waals surface area contributed by atoms with Crippen LogP contribution in [-0.4, -0.2) is 25.5 Å². The van der Waals surface area contributed by atoms with Crippen molar-refractivity contribution in [3.05, 3.63) is 28.7 Å². The summed E-state index contributed by atoms with van der Waals surface area (Å²) >= 11 is 6.10. The maximum Gasteiger partial charge on any atom is 0.247 e. The van der Waals surface area contributed by atoms with Crippen molar-refractivity contribution in [1.29, 1.82) is 0 Å². The van der Waals surface area contributed by atoms with E-state index in [0.29, 0.717) is 17.0 Å². The lowest BCUT2D eigenvalue weighted by Crippen LogP contribution is -2.23. The van der Waals surface area contributed by atoms with Crippen molar-refractivity contribution in [1.82, 2.24) is 19.6 Å². The molecule has 1 fully saturated rings. The molecule has 1 aliphatic rings. The Labute approximate surface area is 134 Å². The van der Waals surface area contributed by atoms with Gasteiger partial charge in [0, 0.05) is 6.07 Å². The lowest BCUT2D eigenvalue weighted by Gasteiger charge is -2.15. The predicted molar refractivity (Wildman–Crippen MR) is 85.0 cm³/mol. The number of aryl methyl sites for hydroxylation is 1. The number of carbonyl (C=O) groups is 1. The molecule has 0 aliphatic heterocycles. The molecule has 0 saturated heterocycles. The lowest BCUT2D eigenvalue weighted by molar-refractivity contribution is -0.117. The minimum absolute atomic E-state index is 0.132. The molecule has 3 rings (SSSR count). The fourth-order valence-corrected chi connectivity index (χ4v) is 2.80. The molecule has 0 spiro atoms. The number of aromatic nitrogens is 4. The van der Waals surface area contributed by atoms with Gasteiger partial charge in [-0.25, -0.2) is 4.68 Å². The molecule has 6 nitrogen and oxygen atoms in total. The minimum atomic E-state index is -0.132. The van der Waals surface area contributed by atoms with E-state index in [0.717, 1.165) is 17.2 Å². The lowest BCUT2D eigenvalue weighted by atomic mass is 10.2. The van der Waals surface area contributed by atoms with Crippen LogP contribution < -0.4 is 5.32 Å². The molecule has 118 valence electrons. The van der Waals surface area contributed by atoms with Gasteiger partial charge in [-0.2, -0.15) is 10.2 Å². The van der Waals surface area contributed by atoms with Gasteiger partial charge < -0.3 is 5.32 Å². The smallest absolute Gasteiger partial charge is 0.247 e. The number of amides is 1. The van der Waals surface area contributed by atoms with Gasteiger partial charge in [0.05, 0.1) is 28.6 Å². The Morgan fingerprint density at radius 2 is 2.23 bits per heavy atom. The number of nitrogens with one attached hydrogen (secondary N) is 1. The summed E-state index contributed by atoms with van der Waals surface area (Å²) in [4.78, 5) is 12.3. The SMILES string of the molecule is Cc1nn(CC(=O)Nc2ccnn2[C@@H](C)C2CC2)c(C)c1Cl. The van der Waals surface area contributed by atoms with Crippen LogP contribution in [0.5, 0.6) is 0 Å². The summed E-state index contributed by atoms with van der Waals surface area (Å²) in [5.74, 6) is 1.27. The van der Waals surface area contributed by atoms with Gasteiger partial charge >= 0.3 is 0 Å². The zero-order chi connectivity index (χ0) is 15.9. The molecule has 0 aromatic carbocycles. The first kappa shape index (κ1) is 15.1. The zero-order valence-electron chi connectivity index (χ0n) is 13.0. The van der Waals surface area contributed by atoms with Crippen molar-refractivity contribution in [3.63, 3.8) is 0 Å². The van der Waals surface area contributed by atoms with E-state index in [4.69, 9.17) is 11.6 Å². The van der Waals surface area contributed by atoms with Gasteiger partial charge in [-0.05, 0) is 39.5 Å². The molecule has 0 bridgehead atoms. The third kappa shape index (κ3) is 2.88. The highest BCUT2D eigenvalue weighted by Gasteiger charge is 2.30. The minimum Gasteiger partial charge on any atom is -0.309 e. The van der Waals surface area contributed by atoms with Crippen LogP contribution in [-0.2, 0) is 11.3 Å². The standard InChI is InChI=1S/C15H20ClN5O/c1-9-15(16)11(3)20(19-9)8-14(22)18-13-6-7-17-21(13)10(2)12-4-5-12/h6-7,10,12H,4-5,8H2,1-3H3,(H,18,22)/t10-/m0/s1. The van der Waals surface area contributed by atoms with E-state index < -0.39 is 0 Å². The number of halogens is 1. The Balaban J connectivity index is 1.69. The summed E-state index contributed by atoms with van der Waals surface area (Å²) in [7, 11) is 0. The average molecular weight is 322 g/mol. The highest BCUT2D eigenvalue weighted by Crippen LogP contribution is 2.40. The van der Waals surface area contributed by atoms with Crippen molar-refractivity contribution < 1.29 is 4.79 Å². The molecular weight excluding hydrogens is 302 g/mol. The number of carbonyl (C=O) groups excluding carboxylic acids is 1. The van der Waals surface area contributed by atoms with E-state index in [-0.39, 0.29) is 12.5 Å². The summed E-state index contributed by atoms with van der Waals surface area (Å²) in [6, 6.07) is 2.14. The van der Waals surface area contributed by atoms with Gasteiger partial charge in [0.2, 0.25) is 5.91 Å². The van der Waals surface area contributed by atoms with Gasteiger partial charge in [0.1, 0.15) is 12.4 Å². The van der Waals surface area contributed by atoms with Crippen LogP contribution in [0.3, 0.4) is 0 Å². The molecule has 1 saturated carbocycles. The Morgan fingerprint density at radius 3 is 2.82 bits per heavy atom. The molecule has 2 aromatic heterocycles. The second-order valence-corrected chi connectivity index (χ2v) is 6.31. The topological polar surface area (TPSA) is 64.7 Å². The Bertz CT molecular complexity index is 701. The molecular formula is C15H20ClN5O. The van der Waals surface area contributed by atoms with Crippen molar-refractivity contribution >= 4 is 23.3 Å². The molecule has 1 N–H and O–H groups in total. The van der Waals surface area contributed by atoms with Crippen molar-refractivity contribution in [2.45, 2.75) is 46.2 Å². The summed E-state index contributed by atoms with van der Waals surface area (Å²) in [6.07, 6.45) is 4.19. The summed E-state index contributed by atoms with van der Waals surface area (Å²) in [6.45, 7) is 5.97. The van der Waals surface area contributed by atoms with Crippen LogP contribution >= 0.6 is 11.6 Å². The van der Waals surface area contributed by atoms with Crippen molar-refractivity contribution in [2.24, 2.45) is 5.92 Å². The molecule has 1 amide bonds. The van der Waals surface area contributed by atoms with Crippen LogP contribution in [0, 0.1) is 19.8 Å². The van der Waals surface area contributed by atoms with Gasteiger partial charge in [0.25, 0.3) is 0 Å². The van der Waals surface area contributed by atoms with E-state index in [1.54, 1.807) is 10.9 Å². The second-order valence-electron chi connectivity index (χ2n) is 5.93. The molecule has 1 aliphatic carbocycles. The van der Waals surface area contributed by atoms with E-state index in [1.807, 2.05) is 24.6 Å². The highest BCUT2D eigenvalue weighted by atomic mass is 35.5. The fraction of sp³-hybridized carbons (Fsp3) is 0.533. The van der Waals surface area contributed by atoms with Crippen LogP contribution in [0.1, 0.15) is 37.2 Å². The summed E-state index contributed by atoms with van der Waals surface area (Å²) < 4.78 is 3.52. The van der Waals surface area contributed by atoms with Gasteiger partial charge in [-0.15, -0.1) is 0 Å². The van der Waals surface area contributed by atoms with E-state index >= 15 is 0 Å². The average Bonchev–Trinajstić information content (AvgIpc) is 3.19. The summed E-state index contributed by atoms with van der Waals surface area (Å²) in [5.41, 5.74) is 1.54. The summed E-state index contributed by atoms with van der Waals surface area (Å²) in [5, 5.41) is 12.1. The third-order valence-corrected chi connectivity index (χ3v) is 4.76. The van der Waals surface area contributed by atoms with E-state index in [9.17, 15) is 4.79 Å². The molecule has 0 radical (unpaired) electrons. The predicted octanol–water partition coefficient (Wildman–Crippen LogP) is 2.96. The Morgan fingerprint density at radius 1 is 1.50 bits per heavy atom. The molecule has 0 unspecified atom stereocenters. The Hall–Kier alpha value is -1.82. The highest BCUT2D eigenvalue weighted by molar-refractivity contribution is 6.31. The first-order valence-corrected chi connectivity index (χ1v) is 7.88. The van der Waals surface area contributed by atoms with Crippen molar-refractivity contribution in [2.75, 3.05) is 5.32 Å². The normalized spacial score (nSPS) is 15.8. The number of nitrogens with zero attached hydrogens (tertiary/aromatic N) is 4. The van der Waals surface area contributed by atoms with Crippen LogP contribution in [0.25, 0.3) is 0 Å². The van der Waals surface area contributed by atoms with Gasteiger partial charge in [-0.1, -0.05) is 11.6 Å². The van der Waals surface area contributed by atoms with Gasteiger partial charge in [-0.3, -0.25) is 9.48 Å². The Kier molecular flexibility index (Phi) is 3.95. The fourth-order valence-electron chi connectivity index (χ4n) is 2.66.